The van der Waals surface area contributed by atoms with E-state index in [-0.39, 0.29) is 11.6 Å². The van der Waals surface area contributed by atoms with Crippen LogP contribution in [0.25, 0.3) is 16.6 Å². The number of nitrogens with one attached hydrogen (secondary N) is 1. The standard InChI is InChI=1S/C19H16ClN3O/c1-12-5-2-6-13(11-12)23-18(16-9-4-10-21-16)22-15-8-3-7-14(20)17(15)19(23)24/h2-9,11,16,21H,10H2,1H3/t16-/m0/s1. The van der Waals surface area contributed by atoms with Crippen LogP contribution in [0.2, 0.25) is 5.02 Å². The first-order valence-electron chi connectivity index (χ1n) is 7.83. The number of halogens is 1. The van der Waals surface area contributed by atoms with Crippen molar-refractivity contribution in [1.82, 2.24) is 14.9 Å². The fourth-order valence-electron chi connectivity index (χ4n) is 3.08. The Bertz CT molecular complexity index is 1020. The van der Waals surface area contributed by atoms with Gasteiger partial charge in [-0.2, -0.15) is 0 Å². The number of benzene rings is 2. The van der Waals surface area contributed by atoms with Crippen LogP contribution in [-0.2, 0) is 0 Å². The van der Waals surface area contributed by atoms with E-state index in [0.717, 1.165) is 17.8 Å². The minimum absolute atomic E-state index is 0.0957. The third kappa shape index (κ3) is 2.44. The second-order valence-corrected chi connectivity index (χ2v) is 6.30. The number of rotatable bonds is 2. The Hall–Kier alpha value is -2.43. The maximum absolute atomic E-state index is 13.2. The maximum atomic E-state index is 13.2. The molecule has 0 bridgehead atoms. The summed E-state index contributed by atoms with van der Waals surface area (Å²) in [6.45, 7) is 2.77. The zero-order chi connectivity index (χ0) is 16.7. The molecule has 2 heterocycles. The molecule has 1 aliphatic heterocycles. The largest absolute Gasteiger partial charge is 0.301 e. The summed E-state index contributed by atoms with van der Waals surface area (Å²) >= 11 is 6.28. The topological polar surface area (TPSA) is 46.9 Å². The highest BCUT2D eigenvalue weighted by Crippen LogP contribution is 2.24. The van der Waals surface area contributed by atoms with Crippen molar-refractivity contribution >= 4 is 22.5 Å². The number of fused-ring (bicyclic) bond motifs is 1. The zero-order valence-electron chi connectivity index (χ0n) is 13.2. The van der Waals surface area contributed by atoms with E-state index in [9.17, 15) is 4.79 Å². The van der Waals surface area contributed by atoms with Gasteiger partial charge in [-0.15, -0.1) is 0 Å². The van der Waals surface area contributed by atoms with Crippen LogP contribution in [0.1, 0.15) is 17.4 Å². The van der Waals surface area contributed by atoms with E-state index in [4.69, 9.17) is 16.6 Å². The summed E-state index contributed by atoms with van der Waals surface area (Å²) in [5.41, 5.74) is 2.35. The average Bonchev–Trinajstić information content (AvgIpc) is 3.09. The van der Waals surface area contributed by atoms with Crippen LogP contribution in [0.15, 0.2) is 59.4 Å². The molecule has 0 saturated carbocycles. The van der Waals surface area contributed by atoms with E-state index in [0.29, 0.717) is 21.7 Å². The van der Waals surface area contributed by atoms with Gasteiger partial charge in [-0.05, 0) is 36.8 Å². The van der Waals surface area contributed by atoms with Crippen molar-refractivity contribution in [2.75, 3.05) is 6.54 Å². The molecule has 1 N–H and O–H groups in total. The van der Waals surface area contributed by atoms with Crippen LogP contribution >= 0.6 is 11.6 Å². The second-order valence-electron chi connectivity index (χ2n) is 5.90. The number of nitrogens with zero attached hydrogens (tertiary/aromatic N) is 2. The minimum atomic E-state index is -0.145. The smallest absolute Gasteiger partial charge is 0.267 e. The monoisotopic (exact) mass is 337 g/mol. The molecule has 3 aromatic rings. The molecule has 1 atom stereocenters. The summed E-state index contributed by atoms with van der Waals surface area (Å²) in [5, 5.41) is 4.21. The van der Waals surface area contributed by atoms with Gasteiger partial charge in [0.25, 0.3) is 5.56 Å². The summed E-state index contributed by atoms with van der Waals surface area (Å²) in [7, 11) is 0. The lowest BCUT2D eigenvalue weighted by molar-refractivity contribution is 0.642. The van der Waals surface area contributed by atoms with Gasteiger partial charge in [0.05, 0.1) is 27.7 Å². The number of hydrogen-bond donors (Lipinski definition) is 1. The molecule has 0 unspecified atom stereocenters. The van der Waals surface area contributed by atoms with Crippen molar-refractivity contribution in [2.24, 2.45) is 0 Å². The van der Waals surface area contributed by atoms with E-state index < -0.39 is 0 Å². The van der Waals surface area contributed by atoms with Crippen molar-refractivity contribution < 1.29 is 0 Å². The van der Waals surface area contributed by atoms with Crippen LogP contribution in [-0.4, -0.2) is 16.1 Å². The lowest BCUT2D eigenvalue weighted by atomic mass is 10.1. The summed E-state index contributed by atoms with van der Waals surface area (Å²) < 4.78 is 1.66. The van der Waals surface area contributed by atoms with Gasteiger partial charge < -0.3 is 5.32 Å². The van der Waals surface area contributed by atoms with Gasteiger partial charge in [0, 0.05) is 6.54 Å². The Labute approximate surface area is 144 Å². The highest BCUT2D eigenvalue weighted by atomic mass is 35.5. The molecule has 0 radical (unpaired) electrons. The molecule has 0 spiro atoms. The van der Waals surface area contributed by atoms with Gasteiger partial charge in [0.1, 0.15) is 5.82 Å². The molecule has 0 aliphatic carbocycles. The molecular weight excluding hydrogens is 322 g/mol. The van der Waals surface area contributed by atoms with Gasteiger partial charge in [-0.3, -0.25) is 9.36 Å². The van der Waals surface area contributed by atoms with Gasteiger partial charge in [0.15, 0.2) is 0 Å². The Morgan fingerprint density at radius 3 is 2.83 bits per heavy atom. The highest BCUT2D eigenvalue weighted by Gasteiger charge is 2.21. The molecule has 0 saturated heterocycles. The molecular formula is C19H16ClN3O. The molecule has 1 aliphatic rings. The lowest BCUT2D eigenvalue weighted by Gasteiger charge is -2.18. The first kappa shape index (κ1) is 15.1. The quantitative estimate of drug-likeness (QED) is 0.727. The Morgan fingerprint density at radius 1 is 1.25 bits per heavy atom. The second kappa shape index (κ2) is 5.89. The fraction of sp³-hybridized carbons (Fsp3) is 0.158. The Kier molecular flexibility index (Phi) is 3.71. The van der Waals surface area contributed by atoms with E-state index in [2.05, 4.69) is 5.32 Å². The van der Waals surface area contributed by atoms with Crippen molar-refractivity contribution in [2.45, 2.75) is 13.0 Å². The maximum Gasteiger partial charge on any atom is 0.267 e. The first-order chi connectivity index (χ1) is 11.6. The van der Waals surface area contributed by atoms with Crippen LogP contribution < -0.4 is 10.9 Å². The summed E-state index contributed by atoms with van der Waals surface area (Å²) in [5.74, 6) is 0.675. The molecule has 0 fully saturated rings. The van der Waals surface area contributed by atoms with Gasteiger partial charge in [0.2, 0.25) is 0 Å². The van der Waals surface area contributed by atoms with Crippen molar-refractivity contribution in [1.29, 1.82) is 0 Å². The lowest BCUT2D eigenvalue weighted by Crippen LogP contribution is -2.29. The van der Waals surface area contributed by atoms with Crippen LogP contribution in [0.4, 0.5) is 0 Å². The van der Waals surface area contributed by atoms with E-state index in [1.807, 2.05) is 55.5 Å². The van der Waals surface area contributed by atoms with Crippen molar-refractivity contribution in [3.8, 4) is 5.69 Å². The Balaban J connectivity index is 2.10. The highest BCUT2D eigenvalue weighted by molar-refractivity contribution is 6.35. The number of aryl methyl sites for hydroxylation is 1. The SMILES string of the molecule is Cc1cccc(-n2c([C@@H]3C=CCN3)nc3cccc(Cl)c3c2=O)c1. The van der Waals surface area contributed by atoms with E-state index in [1.165, 1.54) is 0 Å². The van der Waals surface area contributed by atoms with Crippen molar-refractivity contribution in [3.63, 3.8) is 0 Å². The van der Waals surface area contributed by atoms with Crippen LogP contribution in [0, 0.1) is 6.92 Å². The molecule has 0 amide bonds. The van der Waals surface area contributed by atoms with Gasteiger partial charge in [-0.25, -0.2) is 4.98 Å². The number of aromatic nitrogens is 2. The summed E-state index contributed by atoms with van der Waals surface area (Å²) in [6.07, 6.45) is 4.07. The van der Waals surface area contributed by atoms with E-state index >= 15 is 0 Å². The first-order valence-corrected chi connectivity index (χ1v) is 8.21. The predicted molar refractivity (Wildman–Crippen MR) is 97.0 cm³/mol. The Morgan fingerprint density at radius 2 is 2.08 bits per heavy atom. The van der Waals surface area contributed by atoms with Crippen molar-refractivity contribution in [3.05, 3.63) is 81.4 Å². The predicted octanol–water partition coefficient (Wildman–Crippen LogP) is 3.55. The van der Waals surface area contributed by atoms with Gasteiger partial charge >= 0.3 is 0 Å². The fourth-order valence-corrected chi connectivity index (χ4v) is 3.33. The van der Waals surface area contributed by atoms with Crippen LogP contribution in [0.3, 0.4) is 0 Å². The normalized spacial score (nSPS) is 16.8. The molecule has 4 rings (SSSR count). The van der Waals surface area contributed by atoms with Gasteiger partial charge in [-0.1, -0.05) is 42.0 Å². The van der Waals surface area contributed by atoms with Crippen LogP contribution in [0.5, 0.6) is 0 Å². The zero-order valence-corrected chi connectivity index (χ0v) is 13.9. The third-order valence-electron chi connectivity index (χ3n) is 4.19. The number of hydrogen-bond acceptors (Lipinski definition) is 3. The molecule has 2 aromatic carbocycles. The minimum Gasteiger partial charge on any atom is -0.301 e. The van der Waals surface area contributed by atoms with E-state index in [1.54, 1.807) is 10.6 Å². The molecule has 4 nitrogen and oxygen atoms in total. The summed E-state index contributed by atoms with van der Waals surface area (Å²) in [4.78, 5) is 18.0. The third-order valence-corrected chi connectivity index (χ3v) is 4.51. The molecule has 24 heavy (non-hydrogen) atoms. The molecule has 5 heteroatoms. The average molecular weight is 338 g/mol. The summed E-state index contributed by atoms with van der Waals surface area (Å²) in [6, 6.07) is 13.1. The molecule has 1 aromatic heterocycles. The molecule has 120 valence electrons.